The topological polar surface area (TPSA) is 64.1 Å². The molecule has 6 nitrogen and oxygen atoms in total. The van der Waals surface area contributed by atoms with Crippen molar-refractivity contribution >= 4 is 15.7 Å². The van der Waals surface area contributed by atoms with Gasteiger partial charge in [0, 0.05) is 39.3 Å². The van der Waals surface area contributed by atoms with Gasteiger partial charge in [-0.25, -0.2) is 12.8 Å². The number of rotatable bonds is 9. The maximum Gasteiger partial charge on any atom is 0.264 e. The predicted molar refractivity (Wildman–Crippen MR) is 136 cm³/mol. The SMILES string of the molecule is Cc1ccc(S(=O)(=O)N(CC(O)CN2CCN(Cc3ccccc3)CC2)c2ccc(F)cc2)cc1. The van der Waals surface area contributed by atoms with Crippen molar-refractivity contribution in [2.45, 2.75) is 24.5 Å². The number of aryl methyl sites for hydroxylation is 1. The van der Waals surface area contributed by atoms with E-state index in [4.69, 9.17) is 0 Å². The third-order valence-corrected chi connectivity index (χ3v) is 8.09. The molecule has 1 aliphatic heterocycles. The molecule has 0 aromatic heterocycles. The summed E-state index contributed by atoms with van der Waals surface area (Å²) in [6.45, 7) is 6.38. The van der Waals surface area contributed by atoms with Crippen molar-refractivity contribution < 1.29 is 17.9 Å². The Hall–Kier alpha value is -2.78. The van der Waals surface area contributed by atoms with E-state index in [1.165, 1.54) is 34.1 Å². The number of aliphatic hydroxyl groups is 1. The first-order valence-corrected chi connectivity index (χ1v) is 13.3. The van der Waals surface area contributed by atoms with Gasteiger partial charge in [0.05, 0.1) is 23.2 Å². The molecule has 3 aromatic carbocycles. The van der Waals surface area contributed by atoms with Crippen molar-refractivity contribution in [2.75, 3.05) is 43.6 Å². The van der Waals surface area contributed by atoms with Crippen molar-refractivity contribution in [3.8, 4) is 0 Å². The van der Waals surface area contributed by atoms with Gasteiger partial charge in [0.2, 0.25) is 0 Å². The fourth-order valence-corrected chi connectivity index (χ4v) is 5.81. The van der Waals surface area contributed by atoms with Gasteiger partial charge in [-0.2, -0.15) is 0 Å². The van der Waals surface area contributed by atoms with Gasteiger partial charge in [-0.1, -0.05) is 48.0 Å². The summed E-state index contributed by atoms with van der Waals surface area (Å²) in [5.41, 5.74) is 2.54. The van der Waals surface area contributed by atoms with E-state index in [0.29, 0.717) is 12.2 Å². The van der Waals surface area contributed by atoms with E-state index in [2.05, 4.69) is 21.9 Å². The van der Waals surface area contributed by atoms with Crippen LogP contribution in [-0.4, -0.2) is 68.7 Å². The standard InChI is InChI=1S/C27H32FN3O3S/c1-22-7-13-27(14-8-22)35(33,34)31(25-11-9-24(28)10-12-25)21-26(32)20-30-17-15-29(16-18-30)19-23-5-3-2-4-6-23/h2-14,26,32H,15-21H2,1H3. The van der Waals surface area contributed by atoms with Crippen LogP contribution in [0.5, 0.6) is 0 Å². The van der Waals surface area contributed by atoms with Gasteiger partial charge in [-0.15, -0.1) is 0 Å². The molecule has 0 amide bonds. The lowest BCUT2D eigenvalue weighted by Crippen LogP contribution is -2.50. The monoisotopic (exact) mass is 497 g/mol. The minimum Gasteiger partial charge on any atom is -0.390 e. The molecule has 1 aliphatic rings. The summed E-state index contributed by atoms with van der Waals surface area (Å²) in [7, 11) is -3.94. The number of aliphatic hydroxyl groups excluding tert-OH is 1. The lowest BCUT2D eigenvalue weighted by atomic mass is 10.2. The van der Waals surface area contributed by atoms with Crippen LogP contribution in [0.25, 0.3) is 0 Å². The summed E-state index contributed by atoms with van der Waals surface area (Å²) in [5.74, 6) is -0.449. The molecule has 0 radical (unpaired) electrons. The van der Waals surface area contributed by atoms with E-state index in [0.717, 1.165) is 38.3 Å². The molecule has 1 fully saturated rings. The maximum atomic E-state index is 13.5. The predicted octanol–water partition coefficient (Wildman–Crippen LogP) is 3.51. The Labute approximate surface area is 207 Å². The van der Waals surface area contributed by atoms with Gasteiger partial charge in [-0.05, 0) is 48.9 Å². The number of hydrogen-bond donors (Lipinski definition) is 1. The number of piperazine rings is 1. The van der Waals surface area contributed by atoms with Crippen molar-refractivity contribution in [3.05, 3.63) is 95.8 Å². The van der Waals surface area contributed by atoms with E-state index in [1.54, 1.807) is 24.3 Å². The molecule has 1 N–H and O–H groups in total. The lowest BCUT2D eigenvalue weighted by Gasteiger charge is -2.36. The van der Waals surface area contributed by atoms with Gasteiger partial charge < -0.3 is 5.11 Å². The Morgan fingerprint density at radius 3 is 2.11 bits per heavy atom. The molecular formula is C27H32FN3O3S. The maximum absolute atomic E-state index is 13.5. The molecule has 0 bridgehead atoms. The quantitative estimate of drug-likeness (QED) is 0.490. The van der Waals surface area contributed by atoms with Crippen molar-refractivity contribution in [2.24, 2.45) is 0 Å². The summed E-state index contributed by atoms with van der Waals surface area (Å²) in [6, 6.07) is 22.2. The number of hydrogen-bond acceptors (Lipinski definition) is 5. The zero-order valence-electron chi connectivity index (χ0n) is 19.9. The molecule has 1 unspecified atom stereocenters. The summed E-state index contributed by atoms with van der Waals surface area (Å²) < 4.78 is 41.6. The second-order valence-electron chi connectivity index (χ2n) is 9.04. The Balaban J connectivity index is 1.41. The fourth-order valence-electron chi connectivity index (χ4n) is 4.31. The van der Waals surface area contributed by atoms with Crippen LogP contribution in [-0.2, 0) is 16.6 Å². The smallest absolute Gasteiger partial charge is 0.264 e. The average molecular weight is 498 g/mol. The van der Waals surface area contributed by atoms with Crippen LogP contribution in [0.1, 0.15) is 11.1 Å². The van der Waals surface area contributed by atoms with Crippen molar-refractivity contribution in [3.63, 3.8) is 0 Å². The average Bonchev–Trinajstić information content (AvgIpc) is 2.85. The van der Waals surface area contributed by atoms with Crippen LogP contribution in [0.15, 0.2) is 83.8 Å². The highest BCUT2D eigenvalue weighted by Gasteiger charge is 2.28. The first-order chi connectivity index (χ1) is 16.8. The number of sulfonamides is 1. The van der Waals surface area contributed by atoms with Gasteiger partial charge in [0.25, 0.3) is 10.0 Å². The van der Waals surface area contributed by atoms with Gasteiger partial charge in [0.15, 0.2) is 0 Å². The Kier molecular flexibility index (Phi) is 8.18. The summed E-state index contributed by atoms with van der Waals surface area (Å²) in [5, 5.41) is 10.9. The third kappa shape index (κ3) is 6.67. The number of β-amino-alcohol motifs (C(OH)–C–C–N with tert-alkyl or cyclic N) is 1. The van der Waals surface area contributed by atoms with Gasteiger partial charge in [0.1, 0.15) is 5.82 Å². The van der Waals surface area contributed by atoms with E-state index in [9.17, 15) is 17.9 Å². The third-order valence-electron chi connectivity index (χ3n) is 6.28. The Morgan fingerprint density at radius 1 is 0.886 bits per heavy atom. The highest BCUT2D eigenvalue weighted by Crippen LogP contribution is 2.25. The van der Waals surface area contributed by atoms with Gasteiger partial charge in [-0.3, -0.25) is 14.1 Å². The molecule has 1 heterocycles. The van der Waals surface area contributed by atoms with Crippen molar-refractivity contribution in [1.82, 2.24) is 9.80 Å². The van der Waals surface area contributed by atoms with Crippen LogP contribution in [0.4, 0.5) is 10.1 Å². The van der Waals surface area contributed by atoms with Crippen LogP contribution >= 0.6 is 0 Å². The number of nitrogens with zero attached hydrogens (tertiary/aromatic N) is 3. The fraction of sp³-hybridized carbons (Fsp3) is 0.333. The molecule has 0 spiro atoms. The summed E-state index contributed by atoms with van der Waals surface area (Å²) in [6.07, 6.45) is -0.902. The Morgan fingerprint density at radius 2 is 1.49 bits per heavy atom. The second kappa shape index (κ2) is 11.3. The number of halogens is 1. The molecule has 1 atom stereocenters. The van der Waals surface area contributed by atoms with Gasteiger partial charge >= 0.3 is 0 Å². The minimum absolute atomic E-state index is 0.119. The second-order valence-corrected chi connectivity index (χ2v) is 10.9. The zero-order chi connectivity index (χ0) is 24.8. The molecule has 3 aromatic rings. The van der Waals surface area contributed by atoms with E-state index in [-0.39, 0.29) is 11.4 Å². The largest absolute Gasteiger partial charge is 0.390 e. The molecule has 4 rings (SSSR count). The summed E-state index contributed by atoms with van der Waals surface area (Å²) in [4.78, 5) is 4.67. The van der Waals surface area contributed by atoms with Crippen molar-refractivity contribution in [1.29, 1.82) is 0 Å². The number of anilines is 1. The Bertz CT molecular complexity index is 1180. The molecule has 0 aliphatic carbocycles. The highest BCUT2D eigenvalue weighted by atomic mass is 32.2. The molecule has 0 saturated carbocycles. The first kappa shape index (κ1) is 25.3. The minimum atomic E-state index is -3.94. The lowest BCUT2D eigenvalue weighted by molar-refractivity contribution is 0.0743. The van der Waals surface area contributed by atoms with Crippen LogP contribution in [0, 0.1) is 12.7 Å². The first-order valence-electron chi connectivity index (χ1n) is 11.8. The molecule has 8 heteroatoms. The van der Waals surface area contributed by atoms with Crippen LogP contribution < -0.4 is 4.31 Å². The normalized spacial score (nSPS) is 16.2. The number of benzene rings is 3. The molecular weight excluding hydrogens is 465 g/mol. The van der Waals surface area contributed by atoms with E-state index in [1.807, 2.05) is 25.1 Å². The van der Waals surface area contributed by atoms with E-state index >= 15 is 0 Å². The summed E-state index contributed by atoms with van der Waals surface area (Å²) >= 11 is 0. The molecule has 186 valence electrons. The van der Waals surface area contributed by atoms with Crippen LogP contribution in [0.3, 0.4) is 0 Å². The van der Waals surface area contributed by atoms with Crippen LogP contribution in [0.2, 0.25) is 0 Å². The highest BCUT2D eigenvalue weighted by molar-refractivity contribution is 7.92. The van der Waals surface area contributed by atoms with E-state index < -0.39 is 21.9 Å². The molecule has 35 heavy (non-hydrogen) atoms. The zero-order valence-corrected chi connectivity index (χ0v) is 20.7. The molecule has 1 saturated heterocycles.